The van der Waals surface area contributed by atoms with Crippen molar-refractivity contribution in [1.82, 2.24) is 4.90 Å². The molecule has 2 aromatic carbocycles. The van der Waals surface area contributed by atoms with Gasteiger partial charge in [-0.2, -0.15) is 0 Å². The molecule has 2 amide bonds. The summed E-state index contributed by atoms with van der Waals surface area (Å²) in [5.74, 6) is 0.788. The summed E-state index contributed by atoms with van der Waals surface area (Å²) in [6.07, 6.45) is 0. The Kier molecular flexibility index (Phi) is 6.12. The first-order chi connectivity index (χ1) is 12.6. The van der Waals surface area contributed by atoms with Gasteiger partial charge in [0, 0.05) is 31.9 Å². The molecule has 0 unspecified atom stereocenters. The number of carbonyl (C=O) groups excluding carboxylic acids is 1. The molecule has 1 N–H and O–H groups in total. The molecule has 0 aromatic heterocycles. The highest BCUT2D eigenvalue weighted by molar-refractivity contribution is 6.39. The van der Waals surface area contributed by atoms with Gasteiger partial charge < -0.3 is 19.9 Å². The number of benzene rings is 2. The van der Waals surface area contributed by atoms with Crippen LogP contribution in [0.2, 0.25) is 10.0 Å². The first kappa shape index (κ1) is 18.7. The Balaban J connectivity index is 1.56. The number of nitrogens with one attached hydrogen (secondary N) is 1. The summed E-state index contributed by atoms with van der Waals surface area (Å²) in [6, 6.07) is 12.7. The average Bonchev–Trinajstić information content (AvgIpc) is 2.64. The molecule has 5 nitrogen and oxygen atoms in total. The van der Waals surface area contributed by atoms with Gasteiger partial charge >= 0.3 is 6.03 Å². The molecule has 0 bridgehead atoms. The molecule has 1 aliphatic rings. The van der Waals surface area contributed by atoms with E-state index < -0.39 is 0 Å². The van der Waals surface area contributed by atoms with Gasteiger partial charge in [0.05, 0.1) is 22.3 Å². The summed E-state index contributed by atoms with van der Waals surface area (Å²) in [5.41, 5.74) is 1.58. The number of nitrogens with zero attached hydrogens (tertiary/aromatic N) is 2. The highest BCUT2D eigenvalue weighted by atomic mass is 35.5. The van der Waals surface area contributed by atoms with E-state index in [9.17, 15) is 4.79 Å². The van der Waals surface area contributed by atoms with Crippen LogP contribution in [-0.2, 0) is 0 Å². The number of para-hydroxylation sites is 1. The predicted molar refractivity (Wildman–Crippen MR) is 107 cm³/mol. The van der Waals surface area contributed by atoms with Crippen LogP contribution in [0.3, 0.4) is 0 Å². The van der Waals surface area contributed by atoms with Gasteiger partial charge in [-0.25, -0.2) is 4.79 Å². The lowest BCUT2D eigenvalue weighted by molar-refractivity contribution is 0.208. The van der Waals surface area contributed by atoms with Gasteiger partial charge in [0.15, 0.2) is 0 Å². The van der Waals surface area contributed by atoms with Crippen LogP contribution in [0.5, 0.6) is 5.75 Å². The number of halogens is 2. The zero-order valence-corrected chi connectivity index (χ0v) is 16.1. The number of piperazine rings is 1. The van der Waals surface area contributed by atoms with Crippen molar-refractivity contribution in [2.75, 3.05) is 43.0 Å². The maximum absolute atomic E-state index is 12.5. The van der Waals surface area contributed by atoms with Gasteiger partial charge in [0.2, 0.25) is 0 Å². The molecule has 2 aromatic rings. The van der Waals surface area contributed by atoms with E-state index in [0.29, 0.717) is 42.8 Å². The second kappa shape index (κ2) is 8.52. The minimum Gasteiger partial charge on any atom is -0.494 e. The van der Waals surface area contributed by atoms with Gasteiger partial charge in [-0.1, -0.05) is 29.3 Å². The molecule has 0 spiro atoms. The standard InChI is InChI=1S/C19H21Cl2N3O2/c1-2-26-15-8-6-14(7-9-15)22-19(25)24-12-10-23(11-13-24)18-16(20)4-3-5-17(18)21/h3-9H,2,10-13H2,1H3,(H,22,25). The molecule has 3 rings (SSSR count). The lowest BCUT2D eigenvalue weighted by Crippen LogP contribution is -2.50. The van der Waals surface area contributed by atoms with Crippen molar-refractivity contribution in [3.05, 3.63) is 52.5 Å². The van der Waals surface area contributed by atoms with E-state index in [-0.39, 0.29) is 6.03 Å². The summed E-state index contributed by atoms with van der Waals surface area (Å²) in [6.45, 7) is 5.12. The second-order valence-electron chi connectivity index (χ2n) is 5.93. The average molecular weight is 394 g/mol. The van der Waals surface area contributed by atoms with Crippen molar-refractivity contribution in [2.45, 2.75) is 6.92 Å². The van der Waals surface area contributed by atoms with Crippen molar-refractivity contribution in [3.63, 3.8) is 0 Å². The highest BCUT2D eigenvalue weighted by Gasteiger charge is 2.23. The van der Waals surface area contributed by atoms with Crippen molar-refractivity contribution < 1.29 is 9.53 Å². The number of carbonyl (C=O) groups is 1. The Hall–Kier alpha value is -2.11. The van der Waals surface area contributed by atoms with Gasteiger partial charge in [-0.15, -0.1) is 0 Å². The van der Waals surface area contributed by atoms with Crippen LogP contribution in [0.1, 0.15) is 6.92 Å². The predicted octanol–water partition coefficient (Wildman–Crippen LogP) is 4.75. The smallest absolute Gasteiger partial charge is 0.321 e. The lowest BCUT2D eigenvalue weighted by Gasteiger charge is -2.36. The van der Waals surface area contributed by atoms with Gasteiger partial charge in [0.25, 0.3) is 0 Å². The molecule has 0 radical (unpaired) electrons. The monoisotopic (exact) mass is 393 g/mol. The number of ether oxygens (including phenoxy) is 1. The van der Waals surface area contributed by atoms with E-state index in [1.165, 1.54) is 0 Å². The van der Waals surface area contributed by atoms with Gasteiger partial charge in [-0.3, -0.25) is 0 Å². The van der Waals surface area contributed by atoms with Crippen LogP contribution in [0.4, 0.5) is 16.2 Å². The van der Waals surface area contributed by atoms with Crippen molar-refractivity contribution >= 4 is 40.6 Å². The largest absolute Gasteiger partial charge is 0.494 e. The van der Waals surface area contributed by atoms with Crippen LogP contribution < -0.4 is 15.0 Å². The van der Waals surface area contributed by atoms with E-state index in [0.717, 1.165) is 17.1 Å². The van der Waals surface area contributed by atoms with E-state index in [2.05, 4.69) is 10.2 Å². The Labute approximate surface area is 163 Å². The van der Waals surface area contributed by atoms with Crippen molar-refractivity contribution in [2.24, 2.45) is 0 Å². The first-order valence-electron chi connectivity index (χ1n) is 8.56. The normalized spacial score (nSPS) is 14.3. The molecule has 7 heteroatoms. The molecule has 0 atom stereocenters. The van der Waals surface area contributed by atoms with Gasteiger partial charge in [0.1, 0.15) is 5.75 Å². The summed E-state index contributed by atoms with van der Waals surface area (Å²) in [7, 11) is 0. The third kappa shape index (κ3) is 4.34. The number of hydrogen-bond donors (Lipinski definition) is 1. The molecule has 1 fully saturated rings. The minimum atomic E-state index is -0.112. The van der Waals surface area contributed by atoms with E-state index >= 15 is 0 Å². The Morgan fingerprint density at radius 1 is 1.04 bits per heavy atom. The van der Waals surface area contributed by atoms with Crippen LogP contribution >= 0.6 is 23.2 Å². The quantitative estimate of drug-likeness (QED) is 0.814. The third-order valence-corrected chi connectivity index (χ3v) is 4.85. The zero-order chi connectivity index (χ0) is 18.5. The molecule has 26 heavy (non-hydrogen) atoms. The van der Waals surface area contributed by atoms with E-state index in [4.69, 9.17) is 27.9 Å². The number of hydrogen-bond acceptors (Lipinski definition) is 3. The molecule has 1 heterocycles. The minimum absolute atomic E-state index is 0.112. The topological polar surface area (TPSA) is 44.8 Å². The molecule has 0 aliphatic carbocycles. The molecule has 1 aliphatic heterocycles. The summed E-state index contributed by atoms with van der Waals surface area (Å²) in [4.78, 5) is 16.4. The molecule has 0 saturated carbocycles. The molecular formula is C19H21Cl2N3O2. The number of urea groups is 1. The third-order valence-electron chi connectivity index (χ3n) is 4.24. The Morgan fingerprint density at radius 2 is 1.65 bits per heavy atom. The molecule has 138 valence electrons. The van der Waals surface area contributed by atoms with E-state index in [1.54, 1.807) is 4.90 Å². The maximum atomic E-state index is 12.5. The Bertz CT molecular complexity index is 740. The zero-order valence-electron chi connectivity index (χ0n) is 14.5. The second-order valence-corrected chi connectivity index (χ2v) is 6.75. The summed E-state index contributed by atoms with van der Waals surface area (Å²) in [5, 5.41) is 4.18. The molecular weight excluding hydrogens is 373 g/mol. The van der Waals surface area contributed by atoms with Crippen molar-refractivity contribution in [3.8, 4) is 5.75 Å². The Morgan fingerprint density at radius 3 is 2.23 bits per heavy atom. The SMILES string of the molecule is CCOc1ccc(NC(=O)N2CCN(c3c(Cl)cccc3Cl)CC2)cc1. The molecule has 1 saturated heterocycles. The fourth-order valence-electron chi connectivity index (χ4n) is 2.93. The number of amides is 2. The lowest BCUT2D eigenvalue weighted by atomic mass is 10.2. The van der Waals surface area contributed by atoms with E-state index in [1.807, 2.05) is 49.4 Å². The summed E-state index contributed by atoms with van der Waals surface area (Å²) < 4.78 is 5.41. The number of rotatable bonds is 4. The van der Waals surface area contributed by atoms with Crippen molar-refractivity contribution in [1.29, 1.82) is 0 Å². The van der Waals surface area contributed by atoms with Crippen LogP contribution in [0.15, 0.2) is 42.5 Å². The van der Waals surface area contributed by atoms with Gasteiger partial charge in [-0.05, 0) is 43.3 Å². The fourth-order valence-corrected chi connectivity index (χ4v) is 3.56. The number of anilines is 2. The highest BCUT2D eigenvalue weighted by Crippen LogP contribution is 2.34. The maximum Gasteiger partial charge on any atom is 0.321 e. The fraction of sp³-hybridized carbons (Fsp3) is 0.316. The summed E-state index contributed by atoms with van der Waals surface area (Å²) >= 11 is 12.6. The van der Waals surface area contributed by atoms with Crippen LogP contribution in [0.25, 0.3) is 0 Å². The van der Waals surface area contributed by atoms with Crippen LogP contribution in [0, 0.1) is 0 Å². The van der Waals surface area contributed by atoms with Crippen LogP contribution in [-0.4, -0.2) is 43.7 Å². The first-order valence-corrected chi connectivity index (χ1v) is 9.32.